The highest BCUT2D eigenvalue weighted by Crippen LogP contribution is 2.38. The average molecular weight is 325 g/mol. The highest BCUT2D eigenvalue weighted by molar-refractivity contribution is 5.84. The lowest BCUT2D eigenvalue weighted by Crippen LogP contribution is -2.47. The summed E-state index contributed by atoms with van der Waals surface area (Å²) in [5.41, 5.74) is -0.691. The molecule has 23 heavy (non-hydrogen) atoms. The Balaban J connectivity index is 1.75. The van der Waals surface area contributed by atoms with Gasteiger partial charge in [0, 0.05) is 44.2 Å². The molecular formula is C16H21F2N3O2. The van der Waals surface area contributed by atoms with Crippen LogP contribution >= 0.6 is 0 Å². The van der Waals surface area contributed by atoms with Crippen molar-refractivity contribution in [2.24, 2.45) is 11.3 Å². The topological polar surface area (TPSA) is 53.6 Å². The molecule has 2 fully saturated rings. The molecule has 1 amide bonds. The van der Waals surface area contributed by atoms with Crippen LogP contribution in [0.3, 0.4) is 0 Å². The molecule has 2 aliphatic rings. The van der Waals surface area contributed by atoms with Crippen molar-refractivity contribution in [2.45, 2.75) is 6.54 Å². The predicted octanol–water partition coefficient (Wildman–Crippen LogP) is 0.741. The van der Waals surface area contributed by atoms with E-state index in [0.717, 1.165) is 19.2 Å². The van der Waals surface area contributed by atoms with Gasteiger partial charge in [0.25, 0.3) is 0 Å². The van der Waals surface area contributed by atoms with Crippen molar-refractivity contribution >= 4 is 5.91 Å². The van der Waals surface area contributed by atoms with Crippen molar-refractivity contribution in [2.75, 3.05) is 40.3 Å². The number of methoxy groups -OCH3 is 1. The molecule has 0 saturated carbocycles. The smallest absolute Gasteiger partial charge is 0.229 e. The monoisotopic (exact) mass is 325 g/mol. The molecule has 1 aromatic rings. The molecule has 0 radical (unpaired) electrons. The first kappa shape index (κ1) is 16.1. The number of likely N-dealkylation sites (tertiary alicyclic amines) is 1. The summed E-state index contributed by atoms with van der Waals surface area (Å²) < 4.78 is 32.9. The molecule has 2 aliphatic heterocycles. The maximum Gasteiger partial charge on any atom is 0.229 e. The van der Waals surface area contributed by atoms with Crippen LogP contribution in [0.1, 0.15) is 5.56 Å². The molecule has 3 rings (SSSR count). The highest BCUT2D eigenvalue weighted by atomic mass is 19.1. The first-order valence-electron chi connectivity index (χ1n) is 7.66. The summed E-state index contributed by atoms with van der Waals surface area (Å²) in [6, 6.07) is 2.38. The fraction of sp³-hybridized carbons (Fsp3) is 0.562. The van der Waals surface area contributed by atoms with E-state index in [2.05, 4.69) is 15.5 Å². The van der Waals surface area contributed by atoms with Crippen molar-refractivity contribution in [1.82, 2.24) is 15.5 Å². The van der Waals surface area contributed by atoms with Crippen LogP contribution in [0.4, 0.5) is 8.78 Å². The molecule has 2 N–H and O–H groups in total. The molecule has 2 unspecified atom stereocenters. The Morgan fingerprint density at radius 1 is 1.52 bits per heavy atom. The second-order valence-electron chi connectivity index (χ2n) is 6.41. The molecule has 2 heterocycles. The second kappa shape index (κ2) is 6.05. The van der Waals surface area contributed by atoms with Gasteiger partial charge in [-0.2, -0.15) is 0 Å². The number of nitrogens with zero attached hydrogens (tertiary/aromatic N) is 1. The Bertz CT molecular complexity index is 626. The van der Waals surface area contributed by atoms with E-state index in [9.17, 15) is 13.6 Å². The number of rotatable bonds is 4. The Hall–Kier alpha value is -1.73. The summed E-state index contributed by atoms with van der Waals surface area (Å²) in [6.07, 6.45) is 0. The van der Waals surface area contributed by atoms with Crippen LogP contribution in [0, 0.1) is 23.0 Å². The fourth-order valence-electron chi connectivity index (χ4n) is 3.73. The van der Waals surface area contributed by atoms with E-state index in [1.165, 1.54) is 13.2 Å². The number of nitrogens with one attached hydrogen (secondary N) is 2. The molecule has 1 aromatic carbocycles. The minimum absolute atomic E-state index is 0.0326. The molecule has 0 bridgehead atoms. The Morgan fingerprint density at radius 3 is 3.04 bits per heavy atom. The molecule has 2 saturated heterocycles. The first-order chi connectivity index (χ1) is 11.0. The average Bonchev–Trinajstić information content (AvgIpc) is 3.03. The van der Waals surface area contributed by atoms with Gasteiger partial charge >= 0.3 is 0 Å². The Labute approximate surface area is 134 Å². The molecule has 7 heteroatoms. The van der Waals surface area contributed by atoms with Gasteiger partial charge < -0.3 is 20.3 Å². The van der Waals surface area contributed by atoms with E-state index in [-0.39, 0.29) is 29.7 Å². The van der Waals surface area contributed by atoms with E-state index in [4.69, 9.17) is 4.74 Å². The van der Waals surface area contributed by atoms with Gasteiger partial charge in [-0.1, -0.05) is 0 Å². The van der Waals surface area contributed by atoms with Gasteiger partial charge in [0.2, 0.25) is 5.91 Å². The lowest BCUT2D eigenvalue weighted by Gasteiger charge is -2.26. The number of carbonyl (C=O) groups is 1. The Morgan fingerprint density at radius 2 is 2.30 bits per heavy atom. The summed E-state index contributed by atoms with van der Waals surface area (Å²) in [4.78, 5) is 14.8. The zero-order valence-electron chi connectivity index (χ0n) is 13.3. The number of halogens is 2. The van der Waals surface area contributed by atoms with Gasteiger partial charge in [0.05, 0.1) is 12.5 Å². The quantitative estimate of drug-likeness (QED) is 0.857. The van der Waals surface area contributed by atoms with Crippen LogP contribution in [-0.2, 0) is 11.3 Å². The number of ether oxygens (including phenoxy) is 1. The zero-order chi connectivity index (χ0) is 16.6. The summed E-state index contributed by atoms with van der Waals surface area (Å²) >= 11 is 0. The van der Waals surface area contributed by atoms with E-state index in [1.54, 1.807) is 0 Å². The van der Waals surface area contributed by atoms with Gasteiger partial charge in [-0.05, 0) is 19.2 Å². The number of fused-ring (bicyclic) bond motifs is 1. The standard InChI is InChI=1S/C16H21F2N3O2/c1-21-7-10-5-19-8-16(10,9-21)15(22)20-6-11-12(17)3-4-13(23-2)14(11)18/h3-4,10,19H,5-9H2,1-2H3,(H,20,22). The number of carbonyl (C=O) groups excluding carboxylic acids is 1. The van der Waals surface area contributed by atoms with E-state index >= 15 is 0 Å². The van der Waals surface area contributed by atoms with E-state index < -0.39 is 17.0 Å². The van der Waals surface area contributed by atoms with Crippen molar-refractivity contribution in [1.29, 1.82) is 0 Å². The number of hydrogen-bond donors (Lipinski definition) is 2. The first-order valence-corrected chi connectivity index (χ1v) is 7.66. The third-order valence-corrected chi connectivity index (χ3v) is 4.95. The predicted molar refractivity (Wildman–Crippen MR) is 81.0 cm³/mol. The van der Waals surface area contributed by atoms with Gasteiger partial charge in [-0.3, -0.25) is 4.79 Å². The molecule has 0 aromatic heterocycles. The van der Waals surface area contributed by atoms with E-state index in [1.807, 2.05) is 7.05 Å². The maximum atomic E-state index is 14.2. The fourth-order valence-corrected chi connectivity index (χ4v) is 3.73. The van der Waals surface area contributed by atoms with Crippen LogP contribution in [0.2, 0.25) is 0 Å². The highest BCUT2D eigenvalue weighted by Gasteiger charge is 2.53. The third kappa shape index (κ3) is 2.68. The van der Waals surface area contributed by atoms with Crippen LogP contribution in [0.15, 0.2) is 12.1 Å². The SMILES string of the molecule is COc1ccc(F)c(CNC(=O)C23CNCC2CN(C)C3)c1F. The summed E-state index contributed by atoms with van der Waals surface area (Å²) in [5, 5.41) is 5.97. The van der Waals surface area contributed by atoms with Crippen LogP contribution in [0.5, 0.6) is 5.75 Å². The maximum absolute atomic E-state index is 14.2. The van der Waals surface area contributed by atoms with Crippen LogP contribution in [-0.4, -0.2) is 51.1 Å². The van der Waals surface area contributed by atoms with Crippen LogP contribution < -0.4 is 15.4 Å². The Kier molecular flexibility index (Phi) is 4.25. The van der Waals surface area contributed by atoms with E-state index in [0.29, 0.717) is 13.1 Å². The summed E-state index contributed by atoms with van der Waals surface area (Å²) in [7, 11) is 3.30. The summed E-state index contributed by atoms with van der Waals surface area (Å²) in [5.74, 6) is -1.42. The molecule has 5 nitrogen and oxygen atoms in total. The minimum atomic E-state index is -0.769. The van der Waals surface area contributed by atoms with Crippen molar-refractivity contribution in [3.05, 3.63) is 29.3 Å². The molecular weight excluding hydrogens is 304 g/mol. The van der Waals surface area contributed by atoms with Gasteiger partial charge in [0.15, 0.2) is 11.6 Å². The van der Waals surface area contributed by atoms with Crippen molar-refractivity contribution < 1.29 is 18.3 Å². The lowest BCUT2D eigenvalue weighted by molar-refractivity contribution is -0.130. The second-order valence-corrected chi connectivity index (χ2v) is 6.41. The normalized spacial score (nSPS) is 27.0. The molecule has 2 atom stereocenters. The van der Waals surface area contributed by atoms with Gasteiger partial charge in [0.1, 0.15) is 5.82 Å². The zero-order valence-corrected chi connectivity index (χ0v) is 13.3. The summed E-state index contributed by atoms with van der Waals surface area (Å²) in [6.45, 7) is 2.70. The largest absolute Gasteiger partial charge is 0.494 e. The number of hydrogen-bond acceptors (Lipinski definition) is 4. The third-order valence-electron chi connectivity index (χ3n) is 4.95. The van der Waals surface area contributed by atoms with Crippen molar-refractivity contribution in [3.8, 4) is 5.75 Å². The molecule has 0 aliphatic carbocycles. The van der Waals surface area contributed by atoms with Gasteiger partial charge in [-0.25, -0.2) is 8.78 Å². The lowest BCUT2D eigenvalue weighted by atomic mass is 9.80. The molecule has 0 spiro atoms. The molecule has 126 valence electrons. The van der Waals surface area contributed by atoms with Crippen molar-refractivity contribution in [3.63, 3.8) is 0 Å². The van der Waals surface area contributed by atoms with Crippen LogP contribution in [0.25, 0.3) is 0 Å². The minimum Gasteiger partial charge on any atom is -0.494 e. The van der Waals surface area contributed by atoms with Gasteiger partial charge in [-0.15, -0.1) is 0 Å². The number of benzene rings is 1. The number of amides is 1.